The molecule has 2 atom stereocenters. The van der Waals surface area contributed by atoms with Crippen molar-refractivity contribution in [3.8, 4) is 10.6 Å². The number of nitrogens with one attached hydrogen (secondary N) is 1. The van der Waals surface area contributed by atoms with Gasteiger partial charge in [0.05, 0.1) is 29.5 Å². The molecular formula is C24H33N7O3S. The summed E-state index contributed by atoms with van der Waals surface area (Å²) in [6, 6.07) is -0.960. The van der Waals surface area contributed by atoms with Crippen LogP contribution in [-0.4, -0.2) is 82.1 Å². The average Bonchev–Trinajstić information content (AvgIpc) is 3.43. The minimum Gasteiger partial charge on any atom is -0.379 e. The molecule has 2 fully saturated rings. The van der Waals surface area contributed by atoms with Gasteiger partial charge in [-0.2, -0.15) is 0 Å². The highest BCUT2D eigenvalue weighted by molar-refractivity contribution is 7.19. The van der Waals surface area contributed by atoms with Gasteiger partial charge in [-0.1, -0.05) is 32.1 Å². The number of fused-ring (bicyclic) bond motifs is 3. The van der Waals surface area contributed by atoms with Crippen molar-refractivity contribution < 1.29 is 14.3 Å². The molecule has 5 rings (SSSR count). The van der Waals surface area contributed by atoms with Crippen LogP contribution in [0.4, 0.5) is 9.93 Å². The highest BCUT2D eigenvalue weighted by Gasteiger charge is 2.42. The molecule has 10 nitrogen and oxygen atoms in total. The Balaban J connectivity index is 1.32. The van der Waals surface area contributed by atoms with Gasteiger partial charge < -0.3 is 15.4 Å². The zero-order valence-corrected chi connectivity index (χ0v) is 21.4. The summed E-state index contributed by atoms with van der Waals surface area (Å²) in [6.45, 7) is 10.6. The SMILES string of the molecule is CC(C)(C)c1ncc2c(n1)-c1sc(NC(=O)N3CC[C@@H](CN4CCOCC4)[C@H]3C(N)=O)nc1CC2. The number of urea groups is 1. The maximum Gasteiger partial charge on any atom is 0.324 e. The van der Waals surface area contributed by atoms with Crippen LogP contribution in [0, 0.1) is 5.92 Å². The quantitative estimate of drug-likeness (QED) is 0.659. The van der Waals surface area contributed by atoms with Crippen molar-refractivity contribution >= 4 is 28.4 Å². The number of anilines is 1. The summed E-state index contributed by atoms with van der Waals surface area (Å²) >= 11 is 1.43. The molecule has 35 heavy (non-hydrogen) atoms. The molecule has 2 aromatic heterocycles. The fraction of sp³-hybridized carbons (Fsp3) is 0.625. The lowest BCUT2D eigenvalue weighted by Gasteiger charge is -2.31. The van der Waals surface area contributed by atoms with E-state index >= 15 is 0 Å². The molecule has 188 valence electrons. The van der Waals surface area contributed by atoms with E-state index in [0.717, 1.165) is 66.5 Å². The number of thiazole rings is 1. The summed E-state index contributed by atoms with van der Waals surface area (Å²) in [6.07, 6.45) is 4.26. The van der Waals surface area contributed by atoms with E-state index in [9.17, 15) is 9.59 Å². The summed E-state index contributed by atoms with van der Waals surface area (Å²) in [5.74, 6) is 0.339. The minimum atomic E-state index is -0.629. The third kappa shape index (κ3) is 4.89. The fourth-order valence-corrected chi connectivity index (χ4v) is 6.13. The number of hydrogen-bond acceptors (Lipinski definition) is 8. The van der Waals surface area contributed by atoms with Crippen molar-refractivity contribution in [3.63, 3.8) is 0 Å². The van der Waals surface area contributed by atoms with E-state index in [4.69, 9.17) is 20.4 Å². The van der Waals surface area contributed by atoms with Gasteiger partial charge in [-0.25, -0.2) is 19.7 Å². The molecular weight excluding hydrogens is 466 g/mol. The maximum atomic E-state index is 13.2. The predicted octanol–water partition coefficient (Wildman–Crippen LogP) is 2.04. The number of nitrogens with two attached hydrogens (primary N) is 1. The molecule has 3 N–H and O–H groups in total. The second-order valence-electron chi connectivity index (χ2n) is 10.5. The van der Waals surface area contributed by atoms with Crippen LogP contribution in [0.25, 0.3) is 10.6 Å². The second-order valence-corrected chi connectivity index (χ2v) is 11.5. The van der Waals surface area contributed by atoms with Crippen LogP contribution in [-0.2, 0) is 27.8 Å². The first-order valence-electron chi connectivity index (χ1n) is 12.2. The molecule has 2 saturated heterocycles. The van der Waals surface area contributed by atoms with Gasteiger partial charge in [-0.05, 0) is 24.8 Å². The molecule has 0 spiro atoms. The Morgan fingerprint density at radius 1 is 1.20 bits per heavy atom. The number of rotatable bonds is 4. The minimum absolute atomic E-state index is 0.0141. The molecule has 4 heterocycles. The van der Waals surface area contributed by atoms with Crippen molar-refractivity contribution in [1.29, 1.82) is 0 Å². The molecule has 2 aliphatic heterocycles. The van der Waals surface area contributed by atoms with Crippen LogP contribution in [0.5, 0.6) is 0 Å². The van der Waals surface area contributed by atoms with E-state index in [2.05, 4.69) is 36.0 Å². The molecule has 0 saturated carbocycles. The number of carbonyl (C=O) groups is 2. The Bertz CT molecular complexity index is 1120. The predicted molar refractivity (Wildman–Crippen MR) is 133 cm³/mol. The standard InChI is InChI=1S/C24H33N7O3S/c1-24(2,3)21-26-12-14-4-5-16-19(17(14)28-21)35-22(27-16)29-23(33)31-7-6-15(18(31)20(25)32)13-30-8-10-34-11-9-30/h12,15,18H,4-11,13H2,1-3H3,(H2,25,32)(H,27,29,33)/t15-,18-/m0/s1. The first-order valence-corrected chi connectivity index (χ1v) is 13.1. The molecule has 0 radical (unpaired) electrons. The number of carbonyl (C=O) groups excluding carboxylic acids is 2. The van der Waals surface area contributed by atoms with Crippen LogP contribution in [0.3, 0.4) is 0 Å². The summed E-state index contributed by atoms with van der Waals surface area (Å²) in [4.78, 5) is 44.5. The summed E-state index contributed by atoms with van der Waals surface area (Å²) in [5, 5.41) is 3.45. The molecule has 11 heteroatoms. The van der Waals surface area contributed by atoms with Gasteiger partial charge in [0, 0.05) is 43.7 Å². The smallest absolute Gasteiger partial charge is 0.324 e. The third-order valence-electron chi connectivity index (χ3n) is 6.96. The molecule has 2 aromatic rings. The van der Waals surface area contributed by atoms with Crippen LogP contribution < -0.4 is 11.1 Å². The fourth-order valence-electron chi connectivity index (χ4n) is 5.10. The average molecular weight is 500 g/mol. The number of nitrogens with zero attached hydrogens (tertiary/aromatic N) is 5. The highest BCUT2D eigenvalue weighted by atomic mass is 32.1. The van der Waals surface area contributed by atoms with Gasteiger partial charge in [-0.3, -0.25) is 15.0 Å². The zero-order chi connectivity index (χ0) is 24.7. The monoisotopic (exact) mass is 499 g/mol. The van der Waals surface area contributed by atoms with Gasteiger partial charge in [-0.15, -0.1) is 0 Å². The Morgan fingerprint density at radius 3 is 2.69 bits per heavy atom. The second kappa shape index (κ2) is 9.44. The summed E-state index contributed by atoms with van der Waals surface area (Å²) in [7, 11) is 0. The number of aromatic nitrogens is 3. The van der Waals surface area contributed by atoms with Crippen molar-refractivity contribution in [2.24, 2.45) is 11.7 Å². The lowest BCUT2D eigenvalue weighted by molar-refractivity contribution is -0.122. The van der Waals surface area contributed by atoms with Gasteiger partial charge >= 0.3 is 6.03 Å². The van der Waals surface area contributed by atoms with E-state index in [1.807, 2.05) is 6.20 Å². The third-order valence-corrected chi connectivity index (χ3v) is 7.98. The number of morpholine rings is 1. The van der Waals surface area contributed by atoms with Gasteiger partial charge in [0.2, 0.25) is 5.91 Å². The largest absolute Gasteiger partial charge is 0.379 e. The lowest BCUT2D eigenvalue weighted by Crippen LogP contribution is -2.50. The number of amides is 3. The van der Waals surface area contributed by atoms with Crippen LogP contribution >= 0.6 is 11.3 Å². The van der Waals surface area contributed by atoms with Crippen molar-refractivity contribution in [2.45, 2.75) is 51.5 Å². The van der Waals surface area contributed by atoms with Gasteiger partial charge in [0.25, 0.3) is 0 Å². The Kier molecular flexibility index (Phi) is 6.49. The van der Waals surface area contributed by atoms with Crippen molar-refractivity contribution in [2.75, 3.05) is 44.7 Å². The maximum absolute atomic E-state index is 13.2. The van der Waals surface area contributed by atoms with E-state index < -0.39 is 11.9 Å². The molecule has 3 amide bonds. The number of likely N-dealkylation sites (tertiary alicyclic amines) is 1. The van der Waals surface area contributed by atoms with Crippen molar-refractivity contribution in [3.05, 3.63) is 23.3 Å². The van der Waals surface area contributed by atoms with E-state index in [1.165, 1.54) is 11.3 Å². The number of aryl methyl sites for hydroxylation is 2. The van der Waals surface area contributed by atoms with Crippen LogP contribution in [0.1, 0.15) is 44.3 Å². The Labute approximate surface area is 209 Å². The highest BCUT2D eigenvalue weighted by Crippen LogP contribution is 2.39. The Morgan fingerprint density at radius 2 is 1.97 bits per heavy atom. The Hall–Kier alpha value is -2.63. The number of primary amides is 1. The van der Waals surface area contributed by atoms with E-state index in [0.29, 0.717) is 24.9 Å². The summed E-state index contributed by atoms with van der Waals surface area (Å²) < 4.78 is 5.42. The van der Waals surface area contributed by atoms with E-state index in [1.54, 1.807) is 4.90 Å². The van der Waals surface area contributed by atoms with Crippen LogP contribution in [0.2, 0.25) is 0 Å². The van der Waals surface area contributed by atoms with Crippen LogP contribution in [0.15, 0.2) is 6.20 Å². The normalized spacial score (nSPS) is 22.5. The topological polar surface area (TPSA) is 127 Å². The molecule has 0 aromatic carbocycles. The first kappa shape index (κ1) is 24.1. The first-order chi connectivity index (χ1) is 16.7. The summed E-state index contributed by atoms with van der Waals surface area (Å²) in [5.41, 5.74) is 8.56. The molecule has 0 unspecified atom stereocenters. The van der Waals surface area contributed by atoms with Crippen molar-refractivity contribution in [1.82, 2.24) is 24.8 Å². The van der Waals surface area contributed by atoms with Gasteiger partial charge in [0.15, 0.2) is 5.13 Å². The van der Waals surface area contributed by atoms with Gasteiger partial charge in [0.1, 0.15) is 11.9 Å². The molecule has 3 aliphatic rings. The lowest BCUT2D eigenvalue weighted by atomic mass is 9.94. The number of hydrogen-bond donors (Lipinski definition) is 2. The number of ether oxygens (including phenoxy) is 1. The molecule has 1 aliphatic carbocycles. The zero-order valence-electron chi connectivity index (χ0n) is 20.5. The molecule has 0 bridgehead atoms. The van der Waals surface area contributed by atoms with E-state index in [-0.39, 0.29) is 17.4 Å².